The van der Waals surface area contributed by atoms with Crippen molar-refractivity contribution < 1.29 is 14.3 Å². The van der Waals surface area contributed by atoms with Gasteiger partial charge in [0.25, 0.3) is 0 Å². The molecule has 0 spiro atoms. The minimum atomic E-state index is -0.471. The number of hydrogen-bond donors (Lipinski definition) is 3. The first-order valence-corrected chi connectivity index (χ1v) is 5.82. The molecule has 1 heterocycles. The van der Waals surface area contributed by atoms with E-state index >= 15 is 0 Å². The van der Waals surface area contributed by atoms with Crippen molar-refractivity contribution in [1.82, 2.24) is 15.3 Å². The van der Waals surface area contributed by atoms with Gasteiger partial charge >= 0.3 is 12.0 Å². The summed E-state index contributed by atoms with van der Waals surface area (Å²) < 4.78 is 4.70. The minimum Gasteiger partial charge on any atom is -0.465 e. The molecule has 0 aliphatic rings. The average molecular weight is 262 g/mol. The Bertz CT molecular complexity index is 593. The Morgan fingerprint density at radius 3 is 3.05 bits per heavy atom. The van der Waals surface area contributed by atoms with Gasteiger partial charge in [-0.2, -0.15) is 0 Å². The van der Waals surface area contributed by atoms with Gasteiger partial charge in [0.05, 0.1) is 24.0 Å². The fourth-order valence-electron chi connectivity index (χ4n) is 1.55. The van der Waals surface area contributed by atoms with Crippen LogP contribution in [0, 0.1) is 0 Å². The molecule has 0 fully saturated rings. The molecule has 0 aliphatic heterocycles. The quantitative estimate of drug-likeness (QED) is 0.722. The van der Waals surface area contributed by atoms with Crippen LogP contribution in [0.15, 0.2) is 24.5 Å². The van der Waals surface area contributed by atoms with Crippen LogP contribution in [0.4, 0.5) is 10.5 Å². The van der Waals surface area contributed by atoms with Crippen LogP contribution in [0.25, 0.3) is 11.0 Å². The molecule has 3 N–H and O–H groups in total. The second kappa shape index (κ2) is 5.85. The van der Waals surface area contributed by atoms with Crippen LogP contribution in [-0.4, -0.2) is 35.1 Å². The van der Waals surface area contributed by atoms with Crippen LogP contribution in [-0.2, 0) is 9.53 Å². The van der Waals surface area contributed by atoms with E-state index in [1.165, 1.54) is 0 Å². The summed E-state index contributed by atoms with van der Waals surface area (Å²) in [5, 5.41) is 5.02. The molecule has 0 aliphatic carbocycles. The maximum absolute atomic E-state index is 11.5. The summed E-state index contributed by atoms with van der Waals surface area (Å²) in [5.41, 5.74) is 2.25. The number of anilines is 1. The third-order valence-corrected chi connectivity index (χ3v) is 2.38. The van der Waals surface area contributed by atoms with Gasteiger partial charge in [-0.1, -0.05) is 0 Å². The lowest BCUT2D eigenvalue weighted by atomic mass is 10.3. The highest BCUT2D eigenvalue weighted by Crippen LogP contribution is 2.15. The van der Waals surface area contributed by atoms with Gasteiger partial charge in [0.1, 0.15) is 6.54 Å². The Balaban J connectivity index is 1.89. The number of urea groups is 1. The molecule has 7 heteroatoms. The monoisotopic (exact) mass is 262 g/mol. The SMILES string of the molecule is CCOC(=O)CNC(=O)Nc1ccc2nc[nH]c2c1. The number of H-pyrrole nitrogens is 1. The second-order valence-electron chi connectivity index (χ2n) is 3.75. The van der Waals surface area contributed by atoms with Gasteiger partial charge in [0, 0.05) is 5.69 Å². The number of nitrogens with zero attached hydrogens (tertiary/aromatic N) is 1. The molecule has 100 valence electrons. The number of aromatic amines is 1. The van der Waals surface area contributed by atoms with Crippen LogP contribution in [0.3, 0.4) is 0 Å². The summed E-state index contributed by atoms with van der Waals surface area (Å²) in [7, 11) is 0. The summed E-state index contributed by atoms with van der Waals surface area (Å²) in [4.78, 5) is 29.6. The van der Waals surface area contributed by atoms with Crippen LogP contribution < -0.4 is 10.6 Å². The van der Waals surface area contributed by atoms with Crippen molar-refractivity contribution in [2.75, 3.05) is 18.5 Å². The number of carbonyl (C=O) groups is 2. The van der Waals surface area contributed by atoms with Gasteiger partial charge in [-0.3, -0.25) is 4.79 Å². The van der Waals surface area contributed by atoms with E-state index in [0.717, 1.165) is 11.0 Å². The fraction of sp³-hybridized carbons (Fsp3) is 0.250. The molecule has 0 unspecified atom stereocenters. The van der Waals surface area contributed by atoms with Gasteiger partial charge < -0.3 is 20.4 Å². The van der Waals surface area contributed by atoms with Crippen molar-refractivity contribution in [2.45, 2.75) is 6.92 Å². The predicted octanol–water partition coefficient (Wildman–Crippen LogP) is 1.25. The molecule has 1 aromatic heterocycles. The number of aromatic nitrogens is 2. The Hall–Kier alpha value is -2.57. The molecule has 1 aromatic carbocycles. The summed E-state index contributed by atoms with van der Waals surface area (Å²) >= 11 is 0. The van der Waals surface area contributed by atoms with Crippen LogP contribution >= 0.6 is 0 Å². The van der Waals surface area contributed by atoms with E-state index in [1.807, 2.05) is 0 Å². The largest absolute Gasteiger partial charge is 0.465 e. The number of amides is 2. The summed E-state index contributed by atoms with van der Waals surface area (Å²) in [6, 6.07) is 4.80. The van der Waals surface area contributed by atoms with Crippen molar-refractivity contribution >= 4 is 28.7 Å². The number of benzene rings is 1. The van der Waals surface area contributed by atoms with Gasteiger partial charge in [-0.05, 0) is 25.1 Å². The van der Waals surface area contributed by atoms with E-state index in [1.54, 1.807) is 31.5 Å². The lowest BCUT2D eigenvalue weighted by Crippen LogP contribution is -2.34. The number of carbonyl (C=O) groups excluding carboxylic acids is 2. The van der Waals surface area contributed by atoms with E-state index in [9.17, 15) is 9.59 Å². The summed E-state index contributed by atoms with van der Waals surface area (Å²) in [6.45, 7) is 1.84. The number of ether oxygens (including phenoxy) is 1. The Labute approximate surface area is 109 Å². The van der Waals surface area contributed by atoms with Crippen molar-refractivity contribution in [2.24, 2.45) is 0 Å². The molecule has 2 amide bonds. The molecule has 2 rings (SSSR count). The number of hydrogen-bond acceptors (Lipinski definition) is 4. The molecule has 0 atom stereocenters. The summed E-state index contributed by atoms with van der Waals surface area (Å²) in [5.74, 6) is -0.471. The normalized spacial score (nSPS) is 10.2. The third-order valence-electron chi connectivity index (χ3n) is 2.38. The Morgan fingerprint density at radius 2 is 2.26 bits per heavy atom. The molecular formula is C12H14N4O3. The van der Waals surface area contributed by atoms with E-state index < -0.39 is 12.0 Å². The van der Waals surface area contributed by atoms with Crippen LogP contribution in [0.1, 0.15) is 6.92 Å². The zero-order chi connectivity index (χ0) is 13.7. The lowest BCUT2D eigenvalue weighted by Gasteiger charge is -2.07. The van der Waals surface area contributed by atoms with E-state index in [-0.39, 0.29) is 6.54 Å². The number of imidazole rings is 1. The Kier molecular flexibility index (Phi) is 3.97. The molecule has 0 saturated heterocycles. The van der Waals surface area contributed by atoms with Crippen molar-refractivity contribution in [3.05, 3.63) is 24.5 Å². The van der Waals surface area contributed by atoms with Gasteiger partial charge in [-0.15, -0.1) is 0 Å². The van der Waals surface area contributed by atoms with Crippen LogP contribution in [0.5, 0.6) is 0 Å². The topological polar surface area (TPSA) is 96.1 Å². The zero-order valence-corrected chi connectivity index (χ0v) is 10.4. The van der Waals surface area contributed by atoms with Crippen molar-refractivity contribution in [1.29, 1.82) is 0 Å². The van der Waals surface area contributed by atoms with Gasteiger partial charge in [0.15, 0.2) is 0 Å². The predicted molar refractivity (Wildman–Crippen MR) is 69.7 cm³/mol. The highest BCUT2D eigenvalue weighted by molar-refractivity contribution is 5.93. The highest BCUT2D eigenvalue weighted by Gasteiger charge is 2.06. The molecular weight excluding hydrogens is 248 g/mol. The van der Waals surface area contributed by atoms with Crippen molar-refractivity contribution in [3.63, 3.8) is 0 Å². The number of fused-ring (bicyclic) bond motifs is 1. The second-order valence-corrected chi connectivity index (χ2v) is 3.75. The van der Waals surface area contributed by atoms with Gasteiger partial charge in [0.2, 0.25) is 0 Å². The molecule has 7 nitrogen and oxygen atoms in total. The number of nitrogens with one attached hydrogen (secondary N) is 3. The number of esters is 1. The molecule has 0 bridgehead atoms. The third kappa shape index (κ3) is 3.44. The minimum absolute atomic E-state index is 0.161. The average Bonchev–Trinajstić information content (AvgIpc) is 2.84. The lowest BCUT2D eigenvalue weighted by molar-refractivity contribution is -0.141. The number of rotatable bonds is 4. The Morgan fingerprint density at radius 1 is 1.42 bits per heavy atom. The zero-order valence-electron chi connectivity index (χ0n) is 10.4. The maximum Gasteiger partial charge on any atom is 0.325 e. The molecule has 0 radical (unpaired) electrons. The fourth-order valence-corrected chi connectivity index (χ4v) is 1.55. The highest BCUT2D eigenvalue weighted by atomic mass is 16.5. The standard InChI is InChI=1S/C12H14N4O3/c1-2-19-11(17)6-13-12(18)16-8-3-4-9-10(5-8)15-7-14-9/h3-5,7H,2,6H2,1H3,(H,14,15)(H2,13,16,18). The molecule has 0 saturated carbocycles. The smallest absolute Gasteiger partial charge is 0.325 e. The molecule has 19 heavy (non-hydrogen) atoms. The first-order valence-electron chi connectivity index (χ1n) is 5.82. The first kappa shape index (κ1) is 12.9. The van der Waals surface area contributed by atoms with Gasteiger partial charge in [-0.25, -0.2) is 9.78 Å². The van der Waals surface area contributed by atoms with Crippen LogP contribution in [0.2, 0.25) is 0 Å². The first-order chi connectivity index (χ1) is 9.19. The molecule has 2 aromatic rings. The summed E-state index contributed by atoms with van der Waals surface area (Å²) in [6.07, 6.45) is 1.58. The van der Waals surface area contributed by atoms with E-state index in [2.05, 4.69) is 20.6 Å². The van der Waals surface area contributed by atoms with Crippen molar-refractivity contribution in [3.8, 4) is 0 Å². The maximum atomic E-state index is 11.5. The van der Waals surface area contributed by atoms with E-state index in [4.69, 9.17) is 4.74 Å². The van der Waals surface area contributed by atoms with E-state index in [0.29, 0.717) is 12.3 Å².